The maximum Gasteiger partial charge on any atom is 0.152 e. The van der Waals surface area contributed by atoms with Crippen LogP contribution >= 0.6 is 11.6 Å². The Kier molecular flexibility index (Phi) is 4.88. The molecule has 17 heavy (non-hydrogen) atoms. The highest BCUT2D eigenvalue weighted by atomic mass is 35.5. The van der Waals surface area contributed by atoms with Gasteiger partial charge in [-0.15, -0.1) is 0 Å². The standard InChI is InChI=1S/C15H21BCl/c1-6-12-9-13(7-8-14(12)17)16-10-15(4,5)11(2)3/h6-9,11H,1,10H2,2-5H3. The summed E-state index contributed by atoms with van der Waals surface area (Å²) in [6, 6.07) is 6.09. The van der Waals surface area contributed by atoms with E-state index in [0.717, 1.165) is 16.9 Å². The molecule has 0 aliphatic rings. The molecule has 2 heteroatoms. The molecule has 1 aromatic rings. The fourth-order valence-electron chi connectivity index (χ4n) is 1.46. The maximum absolute atomic E-state index is 6.05. The van der Waals surface area contributed by atoms with Crippen LogP contribution in [-0.2, 0) is 0 Å². The highest BCUT2D eigenvalue weighted by molar-refractivity contribution is 6.53. The largest absolute Gasteiger partial charge is 0.152 e. The summed E-state index contributed by atoms with van der Waals surface area (Å²) < 4.78 is 0. The SMILES string of the molecule is C=Cc1cc([B]CC(C)(C)C(C)C)ccc1Cl. The topological polar surface area (TPSA) is 0 Å². The zero-order valence-electron chi connectivity index (χ0n) is 11.3. The lowest BCUT2D eigenvalue weighted by Gasteiger charge is -2.29. The van der Waals surface area contributed by atoms with Crippen LogP contribution in [0.25, 0.3) is 6.08 Å². The van der Waals surface area contributed by atoms with Crippen LogP contribution in [0.1, 0.15) is 33.3 Å². The predicted octanol–water partition coefficient (Wildman–Crippen LogP) is 4.41. The first-order valence-corrected chi connectivity index (χ1v) is 6.50. The van der Waals surface area contributed by atoms with Crippen LogP contribution in [0.15, 0.2) is 24.8 Å². The summed E-state index contributed by atoms with van der Waals surface area (Å²) in [5, 5.41) is 0.764. The minimum atomic E-state index is 0.327. The van der Waals surface area contributed by atoms with Gasteiger partial charge < -0.3 is 0 Å². The molecular formula is C15H21BCl. The zero-order valence-corrected chi connectivity index (χ0v) is 12.0. The summed E-state index contributed by atoms with van der Waals surface area (Å²) >= 11 is 6.05. The van der Waals surface area contributed by atoms with E-state index in [1.165, 1.54) is 5.46 Å². The second-order valence-electron chi connectivity index (χ2n) is 5.54. The van der Waals surface area contributed by atoms with E-state index in [0.29, 0.717) is 11.3 Å². The summed E-state index contributed by atoms with van der Waals surface area (Å²) in [6.07, 6.45) is 2.87. The van der Waals surface area contributed by atoms with E-state index in [1.54, 1.807) is 6.08 Å². The molecule has 0 spiro atoms. The molecule has 0 saturated heterocycles. The molecule has 91 valence electrons. The average molecular weight is 248 g/mol. The quantitative estimate of drug-likeness (QED) is 0.676. The first-order chi connectivity index (χ1) is 7.86. The Bertz CT molecular complexity index is 394. The van der Waals surface area contributed by atoms with Gasteiger partial charge in [-0.2, -0.15) is 0 Å². The molecule has 0 aliphatic carbocycles. The lowest BCUT2D eigenvalue weighted by Crippen LogP contribution is -2.26. The smallest absolute Gasteiger partial charge is 0.0984 e. The fraction of sp³-hybridized carbons (Fsp3) is 0.467. The van der Waals surface area contributed by atoms with Crippen LogP contribution in [0.5, 0.6) is 0 Å². The summed E-state index contributed by atoms with van der Waals surface area (Å²) in [5.74, 6) is 0.671. The highest BCUT2D eigenvalue weighted by Gasteiger charge is 2.22. The normalized spacial score (nSPS) is 11.6. The zero-order chi connectivity index (χ0) is 13.1. The van der Waals surface area contributed by atoms with Crippen molar-refractivity contribution in [3.8, 4) is 0 Å². The Morgan fingerprint density at radius 2 is 2.06 bits per heavy atom. The molecule has 0 unspecified atom stereocenters. The van der Waals surface area contributed by atoms with Crippen molar-refractivity contribution in [2.75, 3.05) is 0 Å². The Labute approximate surface area is 111 Å². The van der Waals surface area contributed by atoms with Gasteiger partial charge in [0, 0.05) is 5.02 Å². The van der Waals surface area contributed by atoms with Crippen molar-refractivity contribution in [1.29, 1.82) is 0 Å². The van der Waals surface area contributed by atoms with E-state index in [4.69, 9.17) is 11.6 Å². The third-order valence-electron chi connectivity index (χ3n) is 3.67. The van der Waals surface area contributed by atoms with Crippen LogP contribution < -0.4 is 5.46 Å². The molecule has 0 fully saturated rings. The van der Waals surface area contributed by atoms with Gasteiger partial charge in [0.2, 0.25) is 0 Å². The van der Waals surface area contributed by atoms with Gasteiger partial charge in [-0.05, 0) is 23.0 Å². The summed E-state index contributed by atoms with van der Waals surface area (Å²) in [6.45, 7) is 12.9. The molecule has 0 N–H and O–H groups in total. The van der Waals surface area contributed by atoms with Crippen molar-refractivity contribution in [2.45, 2.75) is 34.0 Å². The van der Waals surface area contributed by atoms with Gasteiger partial charge in [-0.25, -0.2) is 0 Å². The van der Waals surface area contributed by atoms with E-state index in [2.05, 4.69) is 53.7 Å². The lowest BCUT2D eigenvalue weighted by molar-refractivity contribution is 0.283. The Hall–Kier alpha value is -0.685. The van der Waals surface area contributed by atoms with Crippen LogP contribution in [0.3, 0.4) is 0 Å². The second-order valence-corrected chi connectivity index (χ2v) is 5.94. The molecule has 1 rings (SSSR count). The minimum absolute atomic E-state index is 0.327. The number of benzene rings is 1. The van der Waals surface area contributed by atoms with Gasteiger partial charge in [0.15, 0.2) is 7.28 Å². The average Bonchev–Trinajstić information content (AvgIpc) is 2.28. The lowest BCUT2D eigenvalue weighted by atomic mass is 9.57. The van der Waals surface area contributed by atoms with Gasteiger partial charge in [0.25, 0.3) is 0 Å². The first-order valence-electron chi connectivity index (χ1n) is 6.12. The second kappa shape index (κ2) is 5.77. The van der Waals surface area contributed by atoms with Crippen LogP contribution in [0.2, 0.25) is 11.3 Å². The monoisotopic (exact) mass is 247 g/mol. The van der Waals surface area contributed by atoms with Crippen LogP contribution in [-0.4, -0.2) is 7.28 Å². The summed E-state index contributed by atoms with van der Waals surface area (Å²) in [7, 11) is 2.28. The molecule has 0 aliphatic heterocycles. The van der Waals surface area contributed by atoms with E-state index >= 15 is 0 Å². The van der Waals surface area contributed by atoms with E-state index in [1.807, 2.05) is 6.07 Å². The van der Waals surface area contributed by atoms with Crippen molar-refractivity contribution < 1.29 is 0 Å². The van der Waals surface area contributed by atoms with Crippen molar-refractivity contribution in [1.82, 2.24) is 0 Å². The molecule has 1 radical (unpaired) electrons. The van der Waals surface area contributed by atoms with Crippen LogP contribution in [0, 0.1) is 11.3 Å². The Morgan fingerprint density at radius 1 is 1.41 bits per heavy atom. The van der Waals surface area contributed by atoms with Crippen molar-refractivity contribution in [3.05, 3.63) is 35.4 Å². The van der Waals surface area contributed by atoms with E-state index in [9.17, 15) is 0 Å². The molecule has 0 aromatic heterocycles. The number of rotatable bonds is 5. The molecule has 0 nitrogen and oxygen atoms in total. The summed E-state index contributed by atoms with van der Waals surface area (Å²) in [4.78, 5) is 0. The molecule has 0 amide bonds. The van der Waals surface area contributed by atoms with Gasteiger partial charge in [0.1, 0.15) is 0 Å². The third kappa shape index (κ3) is 3.92. The molecule has 0 heterocycles. The van der Waals surface area contributed by atoms with E-state index in [-0.39, 0.29) is 0 Å². The highest BCUT2D eigenvalue weighted by Crippen LogP contribution is 2.30. The Balaban J connectivity index is 2.73. The number of hydrogen-bond acceptors (Lipinski definition) is 0. The van der Waals surface area contributed by atoms with Crippen molar-refractivity contribution in [3.63, 3.8) is 0 Å². The van der Waals surface area contributed by atoms with Gasteiger partial charge in [-0.3, -0.25) is 0 Å². The molecule has 0 bridgehead atoms. The molecular weight excluding hydrogens is 226 g/mol. The third-order valence-corrected chi connectivity index (χ3v) is 4.01. The van der Waals surface area contributed by atoms with E-state index < -0.39 is 0 Å². The van der Waals surface area contributed by atoms with Crippen molar-refractivity contribution in [2.24, 2.45) is 11.3 Å². The molecule has 0 atom stereocenters. The summed E-state index contributed by atoms with van der Waals surface area (Å²) in [5.41, 5.74) is 2.55. The maximum atomic E-state index is 6.05. The van der Waals surface area contributed by atoms with Crippen molar-refractivity contribution >= 4 is 30.4 Å². The minimum Gasteiger partial charge on any atom is -0.0984 e. The first kappa shape index (κ1) is 14.4. The van der Waals surface area contributed by atoms with Gasteiger partial charge >= 0.3 is 0 Å². The van der Waals surface area contributed by atoms with Gasteiger partial charge in [0.05, 0.1) is 0 Å². The molecule has 1 aromatic carbocycles. The Morgan fingerprint density at radius 3 is 2.59 bits per heavy atom. The number of halogens is 1. The molecule has 0 saturated carbocycles. The van der Waals surface area contributed by atoms with Crippen LogP contribution in [0.4, 0.5) is 0 Å². The predicted molar refractivity (Wildman–Crippen MR) is 80.4 cm³/mol. The number of hydrogen-bond donors (Lipinski definition) is 0. The fourth-order valence-corrected chi connectivity index (χ4v) is 1.66. The van der Waals surface area contributed by atoms with Gasteiger partial charge in [-0.1, -0.05) is 75.9 Å².